The van der Waals surface area contributed by atoms with Crippen molar-refractivity contribution in [3.05, 3.63) is 124 Å². The van der Waals surface area contributed by atoms with E-state index in [9.17, 15) is 14.4 Å². The predicted molar refractivity (Wildman–Crippen MR) is 110 cm³/mol. The van der Waals surface area contributed by atoms with Crippen LogP contribution in [-0.2, 0) is 4.74 Å². The van der Waals surface area contributed by atoms with E-state index in [0.717, 1.165) is 5.56 Å². The van der Waals surface area contributed by atoms with Gasteiger partial charge in [-0.1, -0.05) is 78.9 Å². The molecule has 0 saturated heterocycles. The summed E-state index contributed by atoms with van der Waals surface area (Å²) in [6.45, 7) is 0. The smallest absolute Gasteiger partial charge is 0.229 e. The first kappa shape index (κ1) is 16.9. The van der Waals surface area contributed by atoms with Gasteiger partial charge < -0.3 is 4.74 Å². The zero-order chi connectivity index (χ0) is 20.4. The van der Waals surface area contributed by atoms with E-state index in [2.05, 4.69) is 0 Å². The number of ketones is 3. The number of rotatable bonds is 1. The Bertz CT molecular complexity index is 1360. The van der Waals surface area contributed by atoms with Crippen molar-refractivity contribution >= 4 is 23.1 Å². The summed E-state index contributed by atoms with van der Waals surface area (Å²) in [5.74, 6) is -1.02. The van der Waals surface area contributed by atoms with Crippen LogP contribution in [0.5, 0.6) is 0 Å². The van der Waals surface area contributed by atoms with Crippen LogP contribution in [0.1, 0.15) is 48.1 Å². The van der Waals surface area contributed by atoms with Crippen LogP contribution in [0.25, 0.3) is 5.76 Å². The molecule has 0 N–H and O–H groups in total. The molecule has 1 aliphatic heterocycles. The molecule has 4 heteroatoms. The van der Waals surface area contributed by atoms with E-state index in [1.54, 1.807) is 36.4 Å². The van der Waals surface area contributed by atoms with Gasteiger partial charge in [-0.3, -0.25) is 14.4 Å². The molecular weight excluding hydrogens is 376 g/mol. The van der Waals surface area contributed by atoms with Gasteiger partial charge in [-0.2, -0.15) is 0 Å². The van der Waals surface area contributed by atoms with Crippen LogP contribution in [0.4, 0.5) is 0 Å². The van der Waals surface area contributed by atoms with Crippen molar-refractivity contribution in [2.45, 2.75) is 5.92 Å². The molecule has 0 amide bonds. The first-order valence-corrected chi connectivity index (χ1v) is 9.70. The molecule has 0 bridgehead atoms. The van der Waals surface area contributed by atoms with E-state index in [1.165, 1.54) is 0 Å². The van der Waals surface area contributed by atoms with Crippen LogP contribution >= 0.6 is 0 Å². The van der Waals surface area contributed by atoms with Crippen LogP contribution in [0.2, 0.25) is 0 Å². The number of Topliss-reactive ketones (excluding diaryl/α,β-unsaturated/α-hetero) is 3. The molecule has 0 aromatic heterocycles. The number of hydrogen-bond donors (Lipinski definition) is 0. The van der Waals surface area contributed by atoms with Crippen molar-refractivity contribution in [3.8, 4) is 0 Å². The second kappa shape index (κ2) is 5.97. The van der Waals surface area contributed by atoms with Gasteiger partial charge in [0.05, 0.1) is 11.1 Å². The highest BCUT2D eigenvalue weighted by Crippen LogP contribution is 2.51. The molecule has 1 unspecified atom stereocenters. The van der Waals surface area contributed by atoms with E-state index in [-0.39, 0.29) is 28.7 Å². The Morgan fingerprint density at radius 3 is 1.60 bits per heavy atom. The molecule has 30 heavy (non-hydrogen) atoms. The number of ether oxygens (including phenoxy) is 1. The molecule has 0 spiro atoms. The average Bonchev–Trinajstić information content (AvgIpc) is 3.09. The largest absolute Gasteiger partial charge is 0.452 e. The first-order valence-electron chi connectivity index (χ1n) is 9.70. The third-order valence-corrected chi connectivity index (χ3v) is 5.93. The van der Waals surface area contributed by atoms with Crippen LogP contribution in [-0.4, -0.2) is 17.3 Å². The highest BCUT2D eigenvalue weighted by Gasteiger charge is 2.48. The summed E-state index contributed by atoms with van der Waals surface area (Å²) in [6.07, 6.45) is 0. The first-order chi connectivity index (χ1) is 14.7. The Morgan fingerprint density at radius 1 is 0.500 bits per heavy atom. The van der Waals surface area contributed by atoms with Crippen molar-refractivity contribution in [1.82, 2.24) is 0 Å². The zero-order valence-electron chi connectivity index (χ0n) is 15.7. The van der Waals surface area contributed by atoms with Gasteiger partial charge in [-0.05, 0) is 5.56 Å². The Labute approximate surface area is 172 Å². The molecule has 4 nitrogen and oxygen atoms in total. The van der Waals surface area contributed by atoms with Gasteiger partial charge in [0, 0.05) is 28.2 Å². The van der Waals surface area contributed by atoms with E-state index >= 15 is 0 Å². The third kappa shape index (κ3) is 2.08. The second-order valence-corrected chi connectivity index (χ2v) is 7.51. The number of fused-ring (bicyclic) bond motifs is 3. The summed E-state index contributed by atoms with van der Waals surface area (Å²) in [6, 6.07) is 23.3. The van der Waals surface area contributed by atoms with Crippen LogP contribution in [0, 0.1) is 0 Å². The van der Waals surface area contributed by atoms with Crippen molar-refractivity contribution in [2.75, 3.05) is 0 Å². The van der Waals surface area contributed by atoms with Crippen molar-refractivity contribution in [3.63, 3.8) is 0 Å². The Morgan fingerprint density at radius 2 is 0.967 bits per heavy atom. The zero-order valence-corrected chi connectivity index (χ0v) is 15.7. The number of allylic oxidation sites excluding steroid dienone is 3. The van der Waals surface area contributed by atoms with E-state index in [4.69, 9.17) is 4.74 Å². The maximum atomic E-state index is 13.5. The predicted octanol–water partition coefficient (Wildman–Crippen LogP) is 4.74. The van der Waals surface area contributed by atoms with Crippen molar-refractivity contribution in [1.29, 1.82) is 0 Å². The fourth-order valence-corrected chi connectivity index (χ4v) is 4.61. The monoisotopic (exact) mass is 390 g/mol. The maximum Gasteiger partial charge on any atom is 0.229 e. The minimum absolute atomic E-state index is 0.0239. The van der Waals surface area contributed by atoms with Gasteiger partial charge in [0.15, 0.2) is 17.3 Å². The van der Waals surface area contributed by atoms with Gasteiger partial charge in [-0.15, -0.1) is 0 Å². The molecule has 2 aliphatic carbocycles. The molecule has 1 atom stereocenters. The van der Waals surface area contributed by atoms with Crippen LogP contribution < -0.4 is 0 Å². The van der Waals surface area contributed by atoms with E-state index in [1.807, 2.05) is 42.5 Å². The SMILES string of the molecule is O=C1C2=C(C(=O)c3ccccc31)C(c1ccccc1)C1=C(O2)c2ccccc2C1=O. The lowest BCUT2D eigenvalue weighted by Crippen LogP contribution is -2.31. The minimum atomic E-state index is -0.658. The normalized spacial score (nSPS) is 19.2. The minimum Gasteiger partial charge on any atom is -0.452 e. The summed E-state index contributed by atoms with van der Waals surface area (Å²) in [7, 11) is 0. The summed E-state index contributed by atoms with van der Waals surface area (Å²) in [5, 5.41) is 0. The number of carbonyl (C=O) groups is 3. The molecule has 3 aromatic carbocycles. The Kier molecular flexibility index (Phi) is 3.36. The van der Waals surface area contributed by atoms with Gasteiger partial charge >= 0.3 is 0 Å². The van der Waals surface area contributed by atoms with E-state index < -0.39 is 5.92 Å². The summed E-state index contributed by atoms with van der Waals surface area (Å²) < 4.78 is 6.07. The molecule has 3 aliphatic rings. The highest BCUT2D eigenvalue weighted by atomic mass is 16.5. The van der Waals surface area contributed by atoms with Crippen molar-refractivity contribution < 1.29 is 19.1 Å². The average molecular weight is 390 g/mol. The topological polar surface area (TPSA) is 60.4 Å². The summed E-state index contributed by atoms with van der Waals surface area (Å²) in [5.41, 5.74) is 3.30. The number of benzene rings is 3. The summed E-state index contributed by atoms with van der Waals surface area (Å²) in [4.78, 5) is 40.2. The van der Waals surface area contributed by atoms with Crippen molar-refractivity contribution in [2.24, 2.45) is 0 Å². The highest BCUT2D eigenvalue weighted by molar-refractivity contribution is 6.30. The lowest BCUT2D eigenvalue weighted by Gasteiger charge is -2.31. The molecule has 142 valence electrons. The molecule has 0 fully saturated rings. The van der Waals surface area contributed by atoms with Crippen LogP contribution in [0.3, 0.4) is 0 Å². The molecule has 0 radical (unpaired) electrons. The van der Waals surface area contributed by atoms with E-state index in [0.29, 0.717) is 33.6 Å². The van der Waals surface area contributed by atoms with Crippen LogP contribution in [0.15, 0.2) is 95.8 Å². The molecular formula is C26H14O4. The fraction of sp³-hybridized carbons (Fsp3) is 0.0385. The number of carbonyl (C=O) groups excluding carboxylic acids is 3. The maximum absolute atomic E-state index is 13.5. The summed E-state index contributed by atoms with van der Waals surface area (Å²) >= 11 is 0. The fourth-order valence-electron chi connectivity index (χ4n) is 4.61. The second-order valence-electron chi connectivity index (χ2n) is 7.51. The molecule has 3 aromatic rings. The van der Waals surface area contributed by atoms with Gasteiger partial charge in [0.25, 0.3) is 0 Å². The molecule has 0 saturated carbocycles. The Hall–Kier alpha value is -4.05. The molecule has 6 rings (SSSR count). The lowest BCUT2D eigenvalue weighted by molar-refractivity contribution is 0.0913. The van der Waals surface area contributed by atoms with Gasteiger partial charge in [-0.25, -0.2) is 0 Å². The standard InChI is InChI=1S/C26H14O4/c27-22-15-10-4-5-11-16(15)24(29)26-21(22)19(14-8-2-1-3-9-14)20-23(28)17-12-6-7-13-18(17)25(20)30-26/h1-13,19H. The quantitative estimate of drug-likeness (QED) is 0.602. The Balaban J connectivity index is 1.65. The lowest BCUT2D eigenvalue weighted by atomic mass is 9.74. The van der Waals surface area contributed by atoms with Gasteiger partial charge in [0.1, 0.15) is 5.76 Å². The third-order valence-electron chi connectivity index (χ3n) is 5.93. The number of hydrogen-bond acceptors (Lipinski definition) is 4. The van der Waals surface area contributed by atoms with Gasteiger partial charge in [0.2, 0.25) is 5.78 Å². The molecule has 1 heterocycles.